The number of ketones is 1. The van der Waals surface area contributed by atoms with Gasteiger partial charge in [0.05, 0.1) is 6.61 Å². The lowest BCUT2D eigenvalue weighted by molar-refractivity contribution is -0.188. The Balaban J connectivity index is 2.42. The number of likely N-dealkylation sites (N-methyl/N-ethyl adjacent to an activating group) is 1. The monoisotopic (exact) mass is 298 g/mol. The lowest BCUT2D eigenvalue weighted by Crippen LogP contribution is -2.76. The molecule has 120 valence electrons. The molecule has 3 heterocycles. The normalized spacial score (nSPS) is 33.7. The summed E-state index contributed by atoms with van der Waals surface area (Å²) in [4.78, 5) is 28.4. The molecular weight excluding hydrogens is 272 g/mol. The minimum atomic E-state index is -0.927. The van der Waals surface area contributed by atoms with Crippen LogP contribution in [0.3, 0.4) is 0 Å². The van der Waals surface area contributed by atoms with Crippen LogP contribution in [0.5, 0.6) is 0 Å². The fourth-order valence-corrected chi connectivity index (χ4v) is 3.98. The molecule has 0 amide bonds. The van der Waals surface area contributed by atoms with Crippen LogP contribution in [0.4, 0.5) is 0 Å². The molecule has 0 spiro atoms. The van der Waals surface area contributed by atoms with Crippen molar-refractivity contribution in [1.82, 2.24) is 9.80 Å². The molecule has 0 aromatic carbocycles. The molecule has 2 atom stereocenters. The molecule has 6 nitrogen and oxygen atoms in total. The summed E-state index contributed by atoms with van der Waals surface area (Å²) >= 11 is 0. The van der Waals surface area contributed by atoms with Gasteiger partial charge in [0.15, 0.2) is 11.4 Å². The van der Waals surface area contributed by atoms with Crippen molar-refractivity contribution < 1.29 is 19.4 Å². The molecule has 0 aromatic rings. The Labute approximate surface area is 126 Å². The van der Waals surface area contributed by atoms with E-state index in [2.05, 4.69) is 4.90 Å². The zero-order chi connectivity index (χ0) is 15.8. The summed E-state index contributed by atoms with van der Waals surface area (Å²) in [7, 11) is 3.31. The molecule has 2 bridgehead atoms. The van der Waals surface area contributed by atoms with Crippen molar-refractivity contribution in [2.45, 2.75) is 38.4 Å². The van der Waals surface area contributed by atoms with Crippen molar-refractivity contribution in [2.75, 3.05) is 33.9 Å². The first kappa shape index (κ1) is 16.4. The topological polar surface area (TPSA) is 70.1 Å². The van der Waals surface area contributed by atoms with E-state index in [1.54, 1.807) is 19.1 Å². The van der Waals surface area contributed by atoms with Crippen LogP contribution >= 0.6 is 0 Å². The Bertz CT molecular complexity index is 418. The van der Waals surface area contributed by atoms with Gasteiger partial charge in [0.2, 0.25) is 0 Å². The van der Waals surface area contributed by atoms with Gasteiger partial charge < -0.3 is 9.84 Å². The van der Waals surface area contributed by atoms with Gasteiger partial charge in [-0.05, 0) is 25.8 Å². The van der Waals surface area contributed by atoms with E-state index in [4.69, 9.17) is 4.74 Å². The van der Waals surface area contributed by atoms with E-state index in [0.29, 0.717) is 0 Å². The number of methoxy groups -OCH3 is 1. The van der Waals surface area contributed by atoms with Crippen LogP contribution < -0.4 is 0 Å². The van der Waals surface area contributed by atoms with Crippen LogP contribution in [0.25, 0.3) is 0 Å². The SMILES string of the molecule is COCC1(N(C)C(C(=O)O)C(C)C)C(=O)C2CCN1CC2. The molecule has 21 heavy (non-hydrogen) atoms. The summed E-state index contributed by atoms with van der Waals surface area (Å²) in [5, 5.41) is 9.57. The van der Waals surface area contributed by atoms with Crippen LogP contribution in [0.15, 0.2) is 0 Å². The Morgan fingerprint density at radius 2 is 2.05 bits per heavy atom. The molecule has 6 heteroatoms. The third-order valence-electron chi connectivity index (χ3n) is 5.01. The molecular formula is C15H26N2O4. The number of carbonyl (C=O) groups excluding carboxylic acids is 1. The van der Waals surface area contributed by atoms with E-state index in [1.807, 2.05) is 13.8 Å². The molecule has 3 saturated heterocycles. The van der Waals surface area contributed by atoms with Crippen LogP contribution in [0.2, 0.25) is 0 Å². The first-order chi connectivity index (χ1) is 9.86. The number of fused-ring (bicyclic) bond motifs is 3. The number of hydrogen-bond donors (Lipinski definition) is 1. The Hall–Kier alpha value is -0.980. The highest BCUT2D eigenvalue weighted by molar-refractivity contribution is 5.92. The molecule has 2 unspecified atom stereocenters. The quantitative estimate of drug-likeness (QED) is 0.777. The smallest absolute Gasteiger partial charge is 0.321 e. The van der Waals surface area contributed by atoms with Gasteiger partial charge in [-0.2, -0.15) is 0 Å². The maximum Gasteiger partial charge on any atom is 0.321 e. The lowest BCUT2D eigenvalue weighted by Gasteiger charge is -2.57. The van der Waals surface area contributed by atoms with Crippen molar-refractivity contribution >= 4 is 11.8 Å². The van der Waals surface area contributed by atoms with E-state index >= 15 is 0 Å². The van der Waals surface area contributed by atoms with Crippen LogP contribution in [0.1, 0.15) is 26.7 Å². The predicted octanol–water partition coefficient (Wildman–Crippen LogP) is 0.665. The molecule has 3 fully saturated rings. The fourth-order valence-electron chi connectivity index (χ4n) is 3.98. The summed E-state index contributed by atoms with van der Waals surface area (Å²) < 4.78 is 5.34. The zero-order valence-corrected chi connectivity index (χ0v) is 13.3. The second-order valence-corrected chi connectivity index (χ2v) is 6.51. The van der Waals surface area contributed by atoms with Gasteiger partial charge in [-0.25, -0.2) is 0 Å². The molecule has 3 aliphatic rings. The van der Waals surface area contributed by atoms with Gasteiger partial charge >= 0.3 is 5.97 Å². The van der Waals surface area contributed by atoms with Crippen LogP contribution in [0, 0.1) is 11.8 Å². The summed E-state index contributed by atoms with van der Waals surface area (Å²) in [5.41, 5.74) is -0.927. The van der Waals surface area contributed by atoms with Gasteiger partial charge in [0.1, 0.15) is 6.04 Å². The third-order valence-corrected chi connectivity index (χ3v) is 5.01. The number of carbonyl (C=O) groups is 2. The average molecular weight is 298 g/mol. The third kappa shape index (κ3) is 2.49. The maximum absolute atomic E-state index is 12.9. The molecule has 3 aliphatic heterocycles. The van der Waals surface area contributed by atoms with E-state index in [1.165, 1.54) is 0 Å². The largest absolute Gasteiger partial charge is 0.480 e. The number of hydrogen-bond acceptors (Lipinski definition) is 5. The highest BCUT2D eigenvalue weighted by Gasteiger charge is 2.57. The summed E-state index contributed by atoms with van der Waals surface area (Å²) in [6.07, 6.45) is 1.75. The molecule has 1 N–H and O–H groups in total. The van der Waals surface area contributed by atoms with Gasteiger partial charge in [-0.3, -0.25) is 19.4 Å². The van der Waals surface area contributed by atoms with Gasteiger partial charge in [-0.15, -0.1) is 0 Å². The van der Waals surface area contributed by atoms with E-state index in [9.17, 15) is 14.7 Å². The molecule has 0 aliphatic carbocycles. The first-order valence-corrected chi connectivity index (χ1v) is 7.60. The molecule has 3 rings (SSSR count). The number of carboxylic acids is 1. The fraction of sp³-hybridized carbons (Fsp3) is 0.867. The molecule has 0 saturated carbocycles. The number of carboxylic acid groups (broad SMARTS) is 1. The molecule has 0 radical (unpaired) electrons. The van der Waals surface area contributed by atoms with Crippen LogP contribution in [-0.4, -0.2) is 72.2 Å². The van der Waals surface area contributed by atoms with Gasteiger partial charge in [0.25, 0.3) is 0 Å². The minimum absolute atomic E-state index is 0.0363. The number of rotatable bonds is 6. The van der Waals surface area contributed by atoms with Crippen LogP contribution in [-0.2, 0) is 14.3 Å². The van der Waals surface area contributed by atoms with Gasteiger partial charge in [-0.1, -0.05) is 13.8 Å². The minimum Gasteiger partial charge on any atom is -0.480 e. The number of aliphatic carboxylic acids is 1. The second kappa shape index (κ2) is 6.02. The maximum atomic E-state index is 12.9. The Kier molecular flexibility index (Phi) is 4.70. The van der Waals surface area contributed by atoms with Crippen molar-refractivity contribution in [3.05, 3.63) is 0 Å². The highest BCUT2D eigenvalue weighted by Crippen LogP contribution is 2.39. The number of piperidine rings is 3. The summed E-state index contributed by atoms with van der Waals surface area (Å²) in [6, 6.07) is -0.705. The Morgan fingerprint density at radius 3 is 2.43 bits per heavy atom. The predicted molar refractivity (Wildman–Crippen MR) is 77.9 cm³/mol. The number of Topliss-reactive ketones (excluding diaryl/α,β-unsaturated/α-hetero) is 1. The first-order valence-electron chi connectivity index (χ1n) is 7.60. The summed E-state index contributed by atoms with van der Waals surface area (Å²) in [5.74, 6) is -0.820. The number of ether oxygens (including phenoxy) is 1. The van der Waals surface area contributed by atoms with Gasteiger partial charge in [0, 0.05) is 26.1 Å². The average Bonchev–Trinajstić information content (AvgIpc) is 2.42. The zero-order valence-electron chi connectivity index (χ0n) is 13.3. The standard InChI is InChI=1S/C15H26N2O4/c1-10(2)12(14(19)20)16(3)15(9-21-4)13(18)11-5-7-17(15)8-6-11/h10-12H,5-9H2,1-4H3,(H,19,20). The molecule has 0 aromatic heterocycles. The lowest BCUT2D eigenvalue weighted by atomic mass is 9.76. The second-order valence-electron chi connectivity index (χ2n) is 6.51. The van der Waals surface area contributed by atoms with Crippen molar-refractivity contribution in [2.24, 2.45) is 11.8 Å². The van der Waals surface area contributed by atoms with E-state index < -0.39 is 17.7 Å². The summed E-state index contributed by atoms with van der Waals surface area (Å²) in [6.45, 7) is 5.62. The Morgan fingerprint density at radius 1 is 1.48 bits per heavy atom. The van der Waals surface area contributed by atoms with E-state index in [0.717, 1.165) is 25.9 Å². The number of nitrogens with zero attached hydrogens (tertiary/aromatic N) is 2. The highest BCUT2D eigenvalue weighted by atomic mass is 16.5. The van der Waals surface area contributed by atoms with Crippen molar-refractivity contribution in [3.8, 4) is 0 Å². The van der Waals surface area contributed by atoms with Crippen molar-refractivity contribution in [3.63, 3.8) is 0 Å². The van der Waals surface area contributed by atoms with Crippen molar-refractivity contribution in [1.29, 1.82) is 0 Å². The van der Waals surface area contributed by atoms with E-state index in [-0.39, 0.29) is 24.2 Å².